The minimum Gasteiger partial charge on any atom is -0.340 e. The molecule has 0 N–H and O–H groups in total. The quantitative estimate of drug-likeness (QED) is 0.402. The number of nitrogens with zero attached hydrogens (tertiary/aromatic N) is 2. The third-order valence-electron chi connectivity index (χ3n) is 5.13. The number of amides is 1. The predicted molar refractivity (Wildman–Crippen MR) is 122 cm³/mol. The van der Waals surface area contributed by atoms with Gasteiger partial charge in [0.25, 0.3) is 0 Å². The van der Waals surface area contributed by atoms with E-state index >= 15 is 0 Å². The number of aryl methyl sites for hydroxylation is 3. The molecule has 1 saturated heterocycles. The molecule has 1 aromatic carbocycles. The number of carbonyl (C=O) groups is 1. The van der Waals surface area contributed by atoms with Crippen LogP contribution in [0.5, 0.6) is 0 Å². The van der Waals surface area contributed by atoms with Crippen molar-refractivity contribution < 1.29 is 4.79 Å². The van der Waals surface area contributed by atoms with Gasteiger partial charge >= 0.3 is 0 Å². The zero-order chi connectivity index (χ0) is 19.4. The molecular weight excluding hydrogens is 487 g/mol. The Morgan fingerprint density at radius 2 is 1.78 bits per heavy atom. The van der Waals surface area contributed by atoms with Crippen molar-refractivity contribution in [3.05, 3.63) is 61.3 Å². The van der Waals surface area contributed by atoms with Crippen LogP contribution in [0.1, 0.15) is 47.2 Å². The summed E-state index contributed by atoms with van der Waals surface area (Å²) in [5.74, 6) is 0. The maximum absolute atomic E-state index is 10.7. The van der Waals surface area contributed by atoms with Gasteiger partial charge in [-0.3, -0.25) is 9.78 Å². The van der Waals surface area contributed by atoms with Crippen LogP contribution in [0.25, 0.3) is 0 Å². The van der Waals surface area contributed by atoms with E-state index in [0.29, 0.717) is 0 Å². The number of hydrogen-bond acceptors (Lipinski definition) is 2. The highest BCUT2D eigenvalue weighted by Crippen LogP contribution is 2.30. The zero-order valence-electron chi connectivity index (χ0n) is 15.6. The average molecular weight is 512 g/mol. The Morgan fingerprint density at radius 3 is 2.44 bits per heavy atom. The summed E-state index contributed by atoms with van der Waals surface area (Å²) in [5.41, 5.74) is 6.90. The molecule has 4 rings (SSSR count). The Bertz CT molecular complexity index is 835. The van der Waals surface area contributed by atoms with E-state index in [1.165, 1.54) is 51.7 Å². The lowest BCUT2D eigenvalue weighted by Crippen LogP contribution is -2.31. The Hall–Kier alpha value is -0.770. The molecule has 3 nitrogen and oxygen atoms in total. The standard InChI is InChI=1S/C15H13Br2N.C6H12NOP/c1-9-4-10-2-3-11-6-12(16)8-18-15(11)7-13(10)14(17)5-9;8-6(9)7-4-2-1-3-5-7/h4-6,8H,2-3,7H2,1H3;1-5,9H2. The molecule has 27 heavy (non-hydrogen) atoms. The van der Waals surface area contributed by atoms with E-state index in [2.05, 4.69) is 71.2 Å². The van der Waals surface area contributed by atoms with Gasteiger partial charge in [-0.1, -0.05) is 22.0 Å². The third-order valence-corrected chi connectivity index (χ3v) is 6.64. The van der Waals surface area contributed by atoms with Crippen LogP contribution in [0.15, 0.2) is 33.3 Å². The summed E-state index contributed by atoms with van der Waals surface area (Å²) in [6, 6.07) is 6.71. The van der Waals surface area contributed by atoms with Gasteiger partial charge in [-0.2, -0.15) is 0 Å². The molecule has 0 spiro atoms. The van der Waals surface area contributed by atoms with Gasteiger partial charge in [0.05, 0.1) is 0 Å². The molecule has 0 saturated carbocycles. The van der Waals surface area contributed by atoms with Crippen molar-refractivity contribution in [3.63, 3.8) is 0 Å². The molecule has 6 heteroatoms. The van der Waals surface area contributed by atoms with Crippen LogP contribution in [-0.2, 0) is 19.3 Å². The average Bonchev–Trinajstić information content (AvgIpc) is 2.82. The number of fused-ring (bicyclic) bond motifs is 2. The summed E-state index contributed by atoms with van der Waals surface area (Å²) in [4.78, 5) is 17.1. The lowest BCUT2D eigenvalue weighted by molar-refractivity contribution is 0.211. The molecule has 1 unspecified atom stereocenters. The second-order valence-corrected chi connectivity index (χ2v) is 9.47. The molecule has 2 aromatic rings. The molecule has 0 bridgehead atoms. The smallest absolute Gasteiger partial charge is 0.237 e. The van der Waals surface area contributed by atoms with Gasteiger partial charge in [0, 0.05) is 40.3 Å². The van der Waals surface area contributed by atoms with Crippen LogP contribution in [-0.4, -0.2) is 28.6 Å². The monoisotopic (exact) mass is 510 g/mol. The molecule has 1 amide bonds. The molecule has 144 valence electrons. The minimum absolute atomic E-state index is 0.148. The number of hydrogen-bond donors (Lipinski definition) is 0. The Labute approximate surface area is 180 Å². The minimum atomic E-state index is 0.148. The number of halogens is 2. The highest BCUT2D eigenvalue weighted by atomic mass is 79.9. The summed E-state index contributed by atoms with van der Waals surface area (Å²) < 4.78 is 2.29. The van der Waals surface area contributed by atoms with Crippen molar-refractivity contribution in [1.29, 1.82) is 0 Å². The van der Waals surface area contributed by atoms with Crippen molar-refractivity contribution >= 4 is 46.7 Å². The fraction of sp³-hybridized carbons (Fsp3) is 0.429. The van der Waals surface area contributed by atoms with E-state index in [1.807, 2.05) is 11.1 Å². The molecule has 1 fully saturated rings. The molecule has 1 aliphatic carbocycles. The highest BCUT2D eigenvalue weighted by molar-refractivity contribution is 9.10. The lowest BCUT2D eigenvalue weighted by Gasteiger charge is -2.24. The van der Waals surface area contributed by atoms with E-state index < -0.39 is 0 Å². The van der Waals surface area contributed by atoms with Crippen LogP contribution in [0.4, 0.5) is 4.79 Å². The number of pyridine rings is 1. The molecule has 1 atom stereocenters. The van der Waals surface area contributed by atoms with Crippen molar-refractivity contribution in [3.8, 4) is 0 Å². The summed E-state index contributed by atoms with van der Waals surface area (Å²) in [7, 11) is 2.21. The van der Waals surface area contributed by atoms with Crippen LogP contribution >= 0.6 is 41.1 Å². The first-order chi connectivity index (χ1) is 12.9. The first-order valence-electron chi connectivity index (χ1n) is 9.39. The van der Waals surface area contributed by atoms with Crippen LogP contribution < -0.4 is 0 Å². The second-order valence-electron chi connectivity index (χ2n) is 7.21. The van der Waals surface area contributed by atoms with Gasteiger partial charge in [0.2, 0.25) is 5.65 Å². The van der Waals surface area contributed by atoms with E-state index in [4.69, 9.17) is 0 Å². The summed E-state index contributed by atoms with van der Waals surface area (Å²) in [5, 5.41) is 0. The Morgan fingerprint density at radius 1 is 1.07 bits per heavy atom. The first-order valence-corrected chi connectivity index (χ1v) is 11.6. The largest absolute Gasteiger partial charge is 0.340 e. The molecular formula is C21H25Br2N2OP. The first kappa shape index (κ1) is 21.0. The summed E-state index contributed by atoms with van der Waals surface area (Å²) >= 11 is 7.20. The van der Waals surface area contributed by atoms with Crippen molar-refractivity contribution in [2.45, 2.75) is 45.4 Å². The van der Waals surface area contributed by atoms with Crippen molar-refractivity contribution in [2.75, 3.05) is 13.1 Å². The SMILES string of the molecule is Cc1cc(Br)c2c(c1)CCc1cc(Br)cnc1C2.O=C(P)N1CCCCC1. The van der Waals surface area contributed by atoms with Gasteiger partial charge in [-0.05, 0) is 98.6 Å². The molecule has 0 radical (unpaired) electrons. The fourth-order valence-electron chi connectivity index (χ4n) is 3.70. The van der Waals surface area contributed by atoms with Crippen LogP contribution in [0.3, 0.4) is 0 Å². The summed E-state index contributed by atoms with van der Waals surface area (Å²) in [6.45, 7) is 4.07. The van der Waals surface area contributed by atoms with Crippen molar-refractivity contribution in [1.82, 2.24) is 9.88 Å². The molecule has 1 aliphatic heterocycles. The molecule has 2 aliphatic rings. The summed E-state index contributed by atoms with van der Waals surface area (Å²) in [6.07, 6.45) is 8.64. The number of piperidine rings is 1. The van der Waals surface area contributed by atoms with Crippen LogP contribution in [0, 0.1) is 6.92 Å². The zero-order valence-corrected chi connectivity index (χ0v) is 19.9. The van der Waals surface area contributed by atoms with Crippen molar-refractivity contribution in [2.24, 2.45) is 0 Å². The Kier molecular flexibility index (Phi) is 7.47. The van der Waals surface area contributed by atoms with E-state index in [0.717, 1.165) is 36.8 Å². The number of rotatable bonds is 0. The fourth-order valence-corrected chi connectivity index (χ4v) is 5.09. The van der Waals surface area contributed by atoms with Gasteiger partial charge in [0.15, 0.2) is 0 Å². The Balaban J connectivity index is 0.000000197. The van der Waals surface area contributed by atoms with E-state index in [1.54, 1.807) is 0 Å². The second kappa shape index (κ2) is 9.62. The van der Waals surface area contributed by atoms with Gasteiger partial charge < -0.3 is 4.90 Å². The normalized spacial score (nSPS) is 15.8. The van der Waals surface area contributed by atoms with E-state index in [-0.39, 0.29) is 5.65 Å². The lowest BCUT2D eigenvalue weighted by atomic mass is 10.0. The number of benzene rings is 1. The van der Waals surface area contributed by atoms with Gasteiger partial charge in [0.1, 0.15) is 0 Å². The highest BCUT2D eigenvalue weighted by Gasteiger charge is 2.17. The van der Waals surface area contributed by atoms with Gasteiger partial charge in [-0.25, -0.2) is 0 Å². The maximum Gasteiger partial charge on any atom is 0.237 e. The molecule has 2 heterocycles. The maximum atomic E-state index is 10.7. The third kappa shape index (κ3) is 5.62. The van der Waals surface area contributed by atoms with Gasteiger partial charge in [-0.15, -0.1) is 0 Å². The number of likely N-dealkylation sites (tertiary alicyclic amines) is 1. The molecule has 1 aromatic heterocycles. The predicted octanol–water partition coefficient (Wildman–Crippen LogP) is 6.07. The topological polar surface area (TPSA) is 33.2 Å². The number of carbonyl (C=O) groups excluding carboxylic acids is 1. The van der Waals surface area contributed by atoms with Crippen LogP contribution in [0.2, 0.25) is 0 Å². The van der Waals surface area contributed by atoms with E-state index in [9.17, 15) is 4.79 Å². The number of aromatic nitrogens is 1.